The highest BCUT2D eigenvalue weighted by Crippen LogP contribution is 2.31. The van der Waals surface area contributed by atoms with Crippen LogP contribution in [0.25, 0.3) is 0 Å². The van der Waals surface area contributed by atoms with Crippen LogP contribution in [-0.4, -0.2) is 6.54 Å². The summed E-state index contributed by atoms with van der Waals surface area (Å²) >= 11 is 0. The summed E-state index contributed by atoms with van der Waals surface area (Å²) in [6, 6.07) is 6.84. The molecule has 0 aliphatic heterocycles. The zero-order chi connectivity index (χ0) is 14.7. The van der Waals surface area contributed by atoms with Crippen molar-refractivity contribution >= 4 is 0 Å². The van der Waals surface area contributed by atoms with Gasteiger partial charge in [-0.25, -0.2) is 0 Å². The molecule has 2 aromatic rings. The lowest BCUT2D eigenvalue weighted by molar-refractivity contribution is 0.501. The van der Waals surface area contributed by atoms with E-state index in [1.54, 1.807) is 6.26 Å². The van der Waals surface area contributed by atoms with Crippen LogP contribution in [0, 0.1) is 20.8 Å². The number of nitrogens with one attached hydrogen (secondary N) is 1. The van der Waals surface area contributed by atoms with Crippen molar-refractivity contribution in [1.29, 1.82) is 0 Å². The number of benzene rings is 1. The number of rotatable bonds is 5. The zero-order valence-corrected chi connectivity index (χ0v) is 13.2. The minimum absolute atomic E-state index is 0.217. The molecule has 2 nitrogen and oxygen atoms in total. The third-order valence-corrected chi connectivity index (χ3v) is 3.85. The first kappa shape index (κ1) is 14.9. The Bertz CT molecular complexity index is 560. The van der Waals surface area contributed by atoms with Gasteiger partial charge in [0.25, 0.3) is 0 Å². The van der Waals surface area contributed by atoms with Crippen LogP contribution in [0.4, 0.5) is 0 Å². The molecule has 0 bridgehead atoms. The summed E-state index contributed by atoms with van der Waals surface area (Å²) in [5, 5.41) is 3.62. The van der Waals surface area contributed by atoms with Crippen molar-refractivity contribution in [1.82, 2.24) is 5.32 Å². The Kier molecular flexibility index (Phi) is 4.66. The summed E-state index contributed by atoms with van der Waals surface area (Å²) in [5.74, 6) is 1.08. The fraction of sp³-hybridized carbons (Fsp3) is 0.444. The van der Waals surface area contributed by atoms with Crippen molar-refractivity contribution in [3.05, 3.63) is 58.0 Å². The van der Waals surface area contributed by atoms with Crippen LogP contribution in [0.1, 0.15) is 53.5 Å². The number of hydrogen-bond acceptors (Lipinski definition) is 2. The van der Waals surface area contributed by atoms with E-state index in [4.69, 9.17) is 4.42 Å². The molecular weight excluding hydrogens is 246 g/mol. The van der Waals surface area contributed by atoms with E-state index in [0.717, 1.165) is 18.7 Å². The van der Waals surface area contributed by atoms with Crippen molar-refractivity contribution in [2.75, 3.05) is 6.54 Å². The van der Waals surface area contributed by atoms with Crippen LogP contribution in [-0.2, 0) is 6.42 Å². The molecule has 108 valence electrons. The minimum Gasteiger partial charge on any atom is -0.469 e. The van der Waals surface area contributed by atoms with Crippen LogP contribution < -0.4 is 5.32 Å². The van der Waals surface area contributed by atoms with Gasteiger partial charge in [0.1, 0.15) is 5.76 Å². The molecule has 0 fully saturated rings. The molecule has 0 saturated carbocycles. The summed E-state index contributed by atoms with van der Waals surface area (Å²) in [6.45, 7) is 11.8. The summed E-state index contributed by atoms with van der Waals surface area (Å²) in [6.07, 6.45) is 2.73. The van der Waals surface area contributed by atoms with E-state index in [0.29, 0.717) is 0 Å². The molecule has 2 heteroatoms. The average Bonchev–Trinajstić information content (AvgIpc) is 2.84. The molecule has 1 aromatic carbocycles. The zero-order valence-electron chi connectivity index (χ0n) is 13.2. The lowest BCUT2D eigenvalue weighted by Gasteiger charge is -2.23. The van der Waals surface area contributed by atoms with E-state index in [9.17, 15) is 0 Å². The van der Waals surface area contributed by atoms with E-state index in [-0.39, 0.29) is 6.04 Å². The Morgan fingerprint density at radius 1 is 1.10 bits per heavy atom. The molecular formula is C18H25NO. The predicted molar refractivity (Wildman–Crippen MR) is 84.3 cm³/mol. The van der Waals surface area contributed by atoms with Crippen LogP contribution in [0.5, 0.6) is 0 Å². The molecule has 1 atom stereocenters. The van der Waals surface area contributed by atoms with Gasteiger partial charge in [0.15, 0.2) is 0 Å². The quantitative estimate of drug-likeness (QED) is 0.868. The van der Waals surface area contributed by atoms with Crippen LogP contribution in [0.15, 0.2) is 28.9 Å². The van der Waals surface area contributed by atoms with Gasteiger partial charge in [-0.2, -0.15) is 0 Å². The van der Waals surface area contributed by atoms with Crippen LogP contribution >= 0.6 is 0 Å². The first-order valence-electron chi connectivity index (χ1n) is 7.45. The fourth-order valence-corrected chi connectivity index (χ4v) is 3.11. The van der Waals surface area contributed by atoms with E-state index in [1.165, 1.54) is 27.8 Å². The summed E-state index contributed by atoms with van der Waals surface area (Å²) in [4.78, 5) is 0. The first-order valence-corrected chi connectivity index (χ1v) is 7.45. The Morgan fingerprint density at radius 3 is 2.30 bits per heavy atom. The topological polar surface area (TPSA) is 25.2 Å². The van der Waals surface area contributed by atoms with Gasteiger partial charge in [-0.1, -0.05) is 31.5 Å². The summed E-state index contributed by atoms with van der Waals surface area (Å²) in [5.41, 5.74) is 6.66. The van der Waals surface area contributed by atoms with E-state index in [2.05, 4.69) is 58.1 Å². The monoisotopic (exact) mass is 271 g/mol. The molecule has 0 amide bonds. The smallest absolute Gasteiger partial charge is 0.108 e. The predicted octanol–water partition coefficient (Wildman–Crippen LogP) is 4.47. The maximum absolute atomic E-state index is 5.63. The Hall–Kier alpha value is -1.54. The van der Waals surface area contributed by atoms with E-state index in [1.807, 2.05) is 0 Å². The van der Waals surface area contributed by atoms with Gasteiger partial charge in [-0.3, -0.25) is 0 Å². The van der Waals surface area contributed by atoms with Gasteiger partial charge in [0.2, 0.25) is 0 Å². The fourth-order valence-electron chi connectivity index (χ4n) is 3.11. The molecule has 0 radical (unpaired) electrons. The number of aryl methyl sites for hydroxylation is 4. The summed E-state index contributed by atoms with van der Waals surface area (Å²) < 4.78 is 5.63. The minimum atomic E-state index is 0.217. The second-order valence-corrected chi connectivity index (χ2v) is 5.46. The van der Waals surface area contributed by atoms with Crippen molar-refractivity contribution in [2.45, 2.75) is 47.1 Å². The molecule has 0 spiro atoms. The lowest BCUT2D eigenvalue weighted by atomic mass is 9.89. The SMILES string of the molecule is CCNC(c1ccoc1CC)c1c(C)cc(C)cc1C. The van der Waals surface area contributed by atoms with Crippen molar-refractivity contribution < 1.29 is 4.42 Å². The second kappa shape index (κ2) is 6.27. The van der Waals surface area contributed by atoms with E-state index < -0.39 is 0 Å². The van der Waals surface area contributed by atoms with Gasteiger partial charge in [-0.05, 0) is 50.1 Å². The molecule has 2 rings (SSSR count). The standard InChI is InChI=1S/C18H25NO/c1-6-16-15(8-9-20-16)18(19-7-2)17-13(4)10-12(3)11-14(17)5/h8-11,18-19H,6-7H2,1-5H3. The van der Waals surface area contributed by atoms with Crippen molar-refractivity contribution in [3.63, 3.8) is 0 Å². The highest BCUT2D eigenvalue weighted by molar-refractivity contribution is 5.44. The largest absolute Gasteiger partial charge is 0.469 e. The van der Waals surface area contributed by atoms with Gasteiger partial charge in [0, 0.05) is 12.0 Å². The third-order valence-electron chi connectivity index (χ3n) is 3.85. The third kappa shape index (κ3) is 2.80. The molecule has 1 aromatic heterocycles. The maximum atomic E-state index is 5.63. The average molecular weight is 271 g/mol. The molecule has 0 aliphatic rings. The number of furan rings is 1. The lowest BCUT2D eigenvalue weighted by Crippen LogP contribution is -2.24. The van der Waals surface area contributed by atoms with Gasteiger partial charge >= 0.3 is 0 Å². The summed E-state index contributed by atoms with van der Waals surface area (Å²) in [7, 11) is 0. The molecule has 0 aliphatic carbocycles. The maximum Gasteiger partial charge on any atom is 0.108 e. The normalized spacial score (nSPS) is 12.7. The van der Waals surface area contributed by atoms with Gasteiger partial charge < -0.3 is 9.73 Å². The van der Waals surface area contributed by atoms with Gasteiger partial charge in [-0.15, -0.1) is 0 Å². The van der Waals surface area contributed by atoms with Crippen LogP contribution in [0.2, 0.25) is 0 Å². The second-order valence-electron chi connectivity index (χ2n) is 5.46. The number of hydrogen-bond donors (Lipinski definition) is 1. The molecule has 0 saturated heterocycles. The van der Waals surface area contributed by atoms with Gasteiger partial charge in [0.05, 0.1) is 12.3 Å². The first-order chi connectivity index (χ1) is 9.58. The van der Waals surface area contributed by atoms with Crippen LogP contribution in [0.3, 0.4) is 0 Å². The Morgan fingerprint density at radius 2 is 1.75 bits per heavy atom. The molecule has 1 heterocycles. The molecule has 20 heavy (non-hydrogen) atoms. The molecule has 1 N–H and O–H groups in total. The van der Waals surface area contributed by atoms with Crippen molar-refractivity contribution in [2.24, 2.45) is 0 Å². The van der Waals surface area contributed by atoms with E-state index >= 15 is 0 Å². The molecule has 1 unspecified atom stereocenters. The van der Waals surface area contributed by atoms with Crippen molar-refractivity contribution in [3.8, 4) is 0 Å². The highest BCUT2D eigenvalue weighted by Gasteiger charge is 2.21. The Labute approximate surface area is 122 Å². The highest BCUT2D eigenvalue weighted by atomic mass is 16.3. The Balaban J connectivity index is 2.54.